The number of phenolic OH excluding ortho intramolecular Hbond substituents is 1. The number of aromatic hydroxyl groups is 1. The fourth-order valence-electron chi connectivity index (χ4n) is 9.20. The van der Waals surface area contributed by atoms with Crippen LogP contribution in [0, 0.1) is 0 Å². The predicted molar refractivity (Wildman–Crippen MR) is 247 cm³/mol. The highest BCUT2D eigenvalue weighted by Crippen LogP contribution is 2.46. The average molecular weight is 717 g/mol. The maximum Gasteiger partial charge on any atom is 0.132 e. The fourth-order valence-corrected chi connectivity index (χ4v) is 9.20. The summed E-state index contributed by atoms with van der Waals surface area (Å²) in [5.41, 5.74) is 3.96. The summed E-state index contributed by atoms with van der Waals surface area (Å²) in [6, 6.07) is 60.9. The highest BCUT2D eigenvalue weighted by molar-refractivity contribution is 6.57. The molecule has 11 aromatic carbocycles. The van der Waals surface area contributed by atoms with E-state index in [4.69, 9.17) is 23.5 Å². The van der Waals surface area contributed by atoms with Crippen LogP contribution in [0.4, 0.5) is 17.1 Å². The highest BCUT2D eigenvalue weighted by atomic mass is 16.3. The third-order valence-electron chi connectivity index (χ3n) is 11.8. The van der Waals surface area contributed by atoms with E-state index in [-0.39, 0.29) is 16.7 Å². The van der Waals surface area contributed by atoms with Crippen LogP contribution in [0.3, 0.4) is 0 Å². The molecule has 5 heteroatoms. The van der Waals surface area contributed by atoms with Crippen LogP contribution in [-0.4, -0.2) is 28.6 Å². The van der Waals surface area contributed by atoms with Crippen LogP contribution in [0.5, 0.6) is 5.75 Å². The molecule has 0 fully saturated rings. The van der Waals surface area contributed by atoms with Crippen molar-refractivity contribution in [3.63, 3.8) is 0 Å². The molecule has 1 N–H and O–H groups in total. The number of hydrogen-bond acceptors (Lipinski definition) is 2. The van der Waals surface area contributed by atoms with E-state index in [1.807, 2.05) is 41.3 Å². The standard InChI is InChI=1S/C52H30B3NO/c53-48-47(45-27-30-13-1-3-15-33(30)35-17-5-10-23-41(35)45)49(54)52(57)51(50(48)55)56(46-28-31-14-2-4-16-34(31)36-18-11-12-24-43(36)46)32-25-26-42-39-21-7-6-19-37(39)38-20-8-9-22-40(38)44(42)29-32/h1-29,57H. The Kier molecular flexibility index (Phi) is 7.49. The second-order valence-electron chi connectivity index (χ2n) is 14.8. The first kappa shape index (κ1) is 33.4. The maximum atomic E-state index is 12.6. The van der Waals surface area contributed by atoms with Gasteiger partial charge in [0.1, 0.15) is 29.3 Å². The van der Waals surface area contributed by atoms with Gasteiger partial charge in [-0.3, -0.25) is 0 Å². The number of rotatable bonds is 4. The molecular weight excluding hydrogens is 687 g/mol. The van der Waals surface area contributed by atoms with Crippen molar-refractivity contribution in [1.29, 1.82) is 0 Å². The third kappa shape index (κ3) is 4.95. The van der Waals surface area contributed by atoms with E-state index in [1.165, 1.54) is 16.2 Å². The molecule has 6 radical (unpaired) electrons. The number of hydrogen-bond donors (Lipinski definition) is 1. The van der Waals surface area contributed by atoms with Crippen LogP contribution in [0.15, 0.2) is 176 Å². The van der Waals surface area contributed by atoms with E-state index in [2.05, 4.69) is 140 Å². The van der Waals surface area contributed by atoms with Crippen molar-refractivity contribution < 1.29 is 5.11 Å². The van der Waals surface area contributed by atoms with Gasteiger partial charge in [0.2, 0.25) is 0 Å². The van der Waals surface area contributed by atoms with Crippen molar-refractivity contribution in [2.45, 2.75) is 0 Å². The van der Waals surface area contributed by atoms with E-state index in [0.29, 0.717) is 16.7 Å². The molecule has 0 bridgehead atoms. The second-order valence-corrected chi connectivity index (χ2v) is 14.8. The Balaban J connectivity index is 1.25. The van der Waals surface area contributed by atoms with Crippen LogP contribution in [0.25, 0.3) is 86.5 Å². The highest BCUT2D eigenvalue weighted by Gasteiger charge is 2.27. The quantitative estimate of drug-likeness (QED) is 0.145. The molecular formula is C52H30B3NO. The van der Waals surface area contributed by atoms with Crippen LogP contribution in [0.1, 0.15) is 0 Å². The zero-order valence-corrected chi connectivity index (χ0v) is 30.9. The smallest absolute Gasteiger partial charge is 0.132 e. The molecule has 0 aliphatic carbocycles. The van der Waals surface area contributed by atoms with Crippen LogP contribution in [-0.2, 0) is 0 Å². The summed E-state index contributed by atoms with van der Waals surface area (Å²) in [5, 5.41) is 27.9. The van der Waals surface area contributed by atoms with Crippen molar-refractivity contribution in [2.24, 2.45) is 0 Å². The molecule has 0 aliphatic heterocycles. The monoisotopic (exact) mass is 717 g/mol. The van der Waals surface area contributed by atoms with Gasteiger partial charge in [-0.1, -0.05) is 163 Å². The van der Waals surface area contributed by atoms with E-state index in [1.54, 1.807) is 0 Å². The Hall–Kier alpha value is -6.97. The summed E-state index contributed by atoms with van der Waals surface area (Å²) in [4.78, 5) is 2.04. The van der Waals surface area contributed by atoms with Gasteiger partial charge in [-0.2, -0.15) is 0 Å². The van der Waals surface area contributed by atoms with Gasteiger partial charge in [-0.05, 0) is 111 Å². The lowest BCUT2D eigenvalue weighted by Crippen LogP contribution is -2.37. The summed E-state index contributed by atoms with van der Waals surface area (Å²) in [6.45, 7) is 0. The van der Waals surface area contributed by atoms with Gasteiger partial charge >= 0.3 is 0 Å². The lowest BCUT2D eigenvalue weighted by Gasteiger charge is -2.33. The molecule has 0 unspecified atom stereocenters. The summed E-state index contributed by atoms with van der Waals surface area (Å²) in [7, 11) is 21.6. The SMILES string of the molecule is [B]c1c([B])c(N(c2ccc3c4ccccc4c4ccccc4c3c2)c2cc3ccccc3c3ccccc23)c(O)c([B])c1-c1cc2ccccc2c2ccccc12. The molecule has 0 aliphatic rings. The predicted octanol–water partition coefficient (Wildman–Crippen LogP) is 11.0. The zero-order chi connectivity index (χ0) is 38.4. The molecule has 2 nitrogen and oxygen atoms in total. The van der Waals surface area contributed by atoms with Gasteiger partial charge < -0.3 is 10.0 Å². The number of nitrogens with zero attached hydrogens (tertiary/aromatic N) is 1. The molecule has 11 aromatic rings. The van der Waals surface area contributed by atoms with Crippen molar-refractivity contribution in [3.05, 3.63) is 176 Å². The first-order valence-electron chi connectivity index (χ1n) is 19.1. The molecule has 0 aromatic heterocycles. The summed E-state index contributed by atoms with van der Waals surface area (Å²) in [6.07, 6.45) is 0. The fraction of sp³-hybridized carbons (Fsp3) is 0. The minimum Gasteiger partial charge on any atom is -0.506 e. The van der Waals surface area contributed by atoms with Crippen LogP contribution >= 0.6 is 0 Å². The molecule has 0 heterocycles. The van der Waals surface area contributed by atoms with E-state index in [9.17, 15) is 5.11 Å². The Morgan fingerprint density at radius 2 is 0.772 bits per heavy atom. The number of anilines is 3. The number of fused-ring (bicyclic) bond motifs is 12. The Bertz CT molecular complexity index is 3420. The second kappa shape index (κ2) is 12.8. The van der Waals surface area contributed by atoms with Crippen molar-refractivity contribution in [2.75, 3.05) is 4.90 Å². The molecule has 11 rings (SSSR count). The average Bonchev–Trinajstić information content (AvgIpc) is 3.27. The maximum absolute atomic E-state index is 12.6. The van der Waals surface area contributed by atoms with Gasteiger partial charge in [-0.15, -0.1) is 0 Å². The van der Waals surface area contributed by atoms with Gasteiger partial charge in [0, 0.05) is 11.1 Å². The number of phenols is 1. The molecule has 57 heavy (non-hydrogen) atoms. The van der Waals surface area contributed by atoms with Crippen LogP contribution in [0.2, 0.25) is 0 Å². The van der Waals surface area contributed by atoms with Crippen molar-refractivity contribution in [1.82, 2.24) is 0 Å². The summed E-state index contributed by atoms with van der Waals surface area (Å²) < 4.78 is 0. The Morgan fingerprint density at radius 1 is 0.351 bits per heavy atom. The molecule has 0 spiro atoms. The molecule has 0 saturated heterocycles. The van der Waals surface area contributed by atoms with E-state index in [0.717, 1.165) is 76.2 Å². The molecule has 0 saturated carbocycles. The lowest BCUT2D eigenvalue weighted by molar-refractivity contribution is 0.481. The Morgan fingerprint density at radius 3 is 1.35 bits per heavy atom. The third-order valence-corrected chi connectivity index (χ3v) is 11.8. The normalized spacial score (nSPS) is 11.8. The van der Waals surface area contributed by atoms with Crippen molar-refractivity contribution in [3.8, 4) is 16.9 Å². The van der Waals surface area contributed by atoms with Gasteiger partial charge in [0.05, 0.1) is 11.4 Å². The van der Waals surface area contributed by atoms with E-state index < -0.39 is 0 Å². The van der Waals surface area contributed by atoms with Gasteiger partial charge in [-0.25, -0.2) is 0 Å². The largest absolute Gasteiger partial charge is 0.506 e. The number of benzene rings is 11. The minimum atomic E-state index is -0.144. The van der Waals surface area contributed by atoms with Crippen molar-refractivity contribution >= 4 is 132 Å². The molecule has 0 atom stereocenters. The summed E-state index contributed by atoms with van der Waals surface area (Å²) >= 11 is 0. The molecule has 0 amide bonds. The lowest BCUT2D eigenvalue weighted by atomic mass is 9.68. The van der Waals surface area contributed by atoms with E-state index >= 15 is 0 Å². The minimum absolute atomic E-state index is 0.144. The van der Waals surface area contributed by atoms with Gasteiger partial charge in [0.25, 0.3) is 0 Å². The van der Waals surface area contributed by atoms with Crippen LogP contribution < -0.4 is 21.3 Å². The Labute approximate surface area is 333 Å². The molecule has 258 valence electrons. The first-order valence-corrected chi connectivity index (χ1v) is 19.1. The topological polar surface area (TPSA) is 23.5 Å². The van der Waals surface area contributed by atoms with Gasteiger partial charge in [0.15, 0.2) is 0 Å². The zero-order valence-electron chi connectivity index (χ0n) is 30.9. The first-order chi connectivity index (χ1) is 28.0. The summed E-state index contributed by atoms with van der Waals surface area (Å²) in [5.74, 6) is -0.144.